The Hall–Kier alpha value is -3.14. The van der Waals surface area contributed by atoms with Crippen LogP contribution in [-0.4, -0.2) is 47.9 Å². The van der Waals surface area contributed by atoms with Crippen LogP contribution in [0.25, 0.3) is 0 Å². The van der Waals surface area contributed by atoms with Crippen molar-refractivity contribution in [3.63, 3.8) is 0 Å². The second-order valence-electron chi connectivity index (χ2n) is 8.22. The third kappa shape index (κ3) is 5.01. The molecule has 1 aliphatic heterocycles. The lowest BCUT2D eigenvalue weighted by Gasteiger charge is -2.38. The van der Waals surface area contributed by atoms with Gasteiger partial charge >= 0.3 is 11.9 Å². The lowest BCUT2D eigenvalue weighted by Crippen LogP contribution is -2.43. The van der Waals surface area contributed by atoms with Crippen LogP contribution in [0.3, 0.4) is 0 Å². The molecular weight excluding hydrogens is 460 g/mol. The van der Waals surface area contributed by atoms with Gasteiger partial charge in [-0.2, -0.15) is 11.8 Å². The van der Waals surface area contributed by atoms with Crippen molar-refractivity contribution in [2.24, 2.45) is 11.8 Å². The Bertz CT molecular complexity index is 1080. The maximum Gasteiger partial charge on any atom is 0.336 e. The summed E-state index contributed by atoms with van der Waals surface area (Å²) in [7, 11) is 1.23. The highest BCUT2D eigenvalue weighted by molar-refractivity contribution is 7.99. The van der Waals surface area contributed by atoms with Gasteiger partial charge in [-0.05, 0) is 30.6 Å². The highest BCUT2D eigenvalue weighted by Crippen LogP contribution is 2.45. The molecule has 0 unspecified atom stereocenters. The molecule has 0 aromatic heterocycles. The maximum atomic E-state index is 13.6. The number of dihydropyridines is 1. The summed E-state index contributed by atoms with van der Waals surface area (Å²) in [5.74, 6) is -2.45. The molecule has 9 nitrogen and oxygen atoms in total. The Morgan fingerprint density at radius 3 is 2.71 bits per heavy atom. The Morgan fingerprint density at radius 1 is 1.32 bits per heavy atom. The minimum atomic E-state index is -1.02. The number of ether oxygens (including phenoxy) is 2. The highest BCUT2D eigenvalue weighted by Gasteiger charge is 2.47. The number of nitrogens with zero attached hydrogens (tertiary/aromatic N) is 1. The number of carbonyl (C=O) groups excluding carboxylic acids is 3. The molecule has 0 spiro atoms. The van der Waals surface area contributed by atoms with Crippen molar-refractivity contribution in [3.05, 3.63) is 62.5 Å². The predicted octanol–water partition coefficient (Wildman–Crippen LogP) is 3.50. The number of Topliss-reactive ketones (excluding diaryl/α,β-unsaturated/α-hetero) is 1. The summed E-state index contributed by atoms with van der Waals surface area (Å²) < 4.78 is 10.4. The average molecular weight is 489 g/mol. The zero-order valence-corrected chi connectivity index (χ0v) is 20.4. The van der Waals surface area contributed by atoms with Crippen LogP contribution < -0.4 is 5.32 Å². The second kappa shape index (κ2) is 10.9. The van der Waals surface area contributed by atoms with Crippen LogP contribution in [0.4, 0.5) is 5.69 Å². The fraction of sp³-hybridized carbons (Fsp3) is 0.458. The van der Waals surface area contributed by atoms with Gasteiger partial charge in [-0.15, -0.1) is 0 Å². The summed E-state index contributed by atoms with van der Waals surface area (Å²) in [6.45, 7) is 5.70. The number of allylic oxidation sites excluding steroid dienone is 3. The summed E-state index contributed by atoms with van der Waals surface area (Å²) in [4.78, 5) is 50.2. The number of hydrogen-bond acceptors (Lipinski definition) is 9. The van der Waals surface area contributed by atoms with Crippen LogP contribution in [0, 0.1) is 22.0 Å². The third-order valence-corrected chi connectivity index (χ3v) is 6.91. The minimum Gasteiger partial charge on any atom is -0.468 e. The number of methoxy groups -OCH3 is 1. The van der Waals surface area contributed by atoms with E-state index in [1.54, 1.807) is 31.7 Å². The zero-order chi connectivity index (χ0) is 25.0. The minimum absolute atomic E-state index is 0.163. The number of nitrogens with one attached hydrogen (secondary N) is 1. The van der Waals surface area contributed by atoms with Gasteiger partial charge < -0.3 is 14.8 Å². The SMILES string of the molecule is CCSCCOC(=O)C1=C(C)NC2=C(C(=O)[C@H](C(=O)OC)[C@@H](C)C2)[C@H]1c1cccc([N+](=O)[O-])c1. The first-order valence-corrected chi connectivity index (χ1v) is 12.2. The van der Waals surface area contributed by atoms with E-state index in [-0.39, 0.29) is 29.4 Å². The first-order chi connectivity index (χ1) is 16.2. The molecule has 2 aliphatic rings. The number of rotatable bonds is 8. The average Bonchev–Trinajstić information content (AvgIpc) is 2.80. The monoisotopic (exact) mass is 488 g/mol. The maximum absolute atomic E-state index is 13.6. The van der Waals surface area contributed by atoms with Crippen molar-refractivity contribution in [1.82, 2.24) is 5.32 Å². The molecule has 0 fully saturated rings. The van der Waals surface area contributed by atoms with E-state index in [0.717, 1.165) is 5.75 Å². The van der Waals surface area contributed by atoms with Gasteiger partial charge in [0.2, 0.25) is 0 Å². The summed E-state index contributed by atoms with van der Waals surface area (Å²) in [5.41, 5.74) is 1.81. The standard InChI is InChI=1S/C24H28N2O7S/c1-5-34-10-9-33-24(29)19-14(3)25-17-11-13(2)18(23(28)32-4)22(27)21(17)20(19)15-7-6-8-16(12-15)26(30)31/h6-8,12-13,18,20,25H,5,9-11H2,1-4H3/t13-,18+,20-/m0/s1. The quantitative estimate of drug-likeness (QED) is 0.192. The van der Waals surface area contributed by atoms with E-state index >= 15 is 0 Å². The van der Waals surface area contributed by atoms with E-state index in [9.17, 15) is 24.5 Å². The number of nitro benzene ring substituents is 1. The molecule has 0 amide bonds. The van der Waals surface area contributed by atoms with Gasteiger partial charge in [0.05, 0.1) is 17.6 Å². The van der Waals surface area contributed by atoms with E-state index in [0.29, 0.717) is 29.1 Å². The van der Waals surface area contributed by atoms with Crippen molar-refractivity contribution in [3.8, 4) is 0 Å². The number of non-ortho nitro benzene ring substituents is 1. The van der Waals surface area contributed by atoms with Crippen LogP contribution in [0.2, 0.25) is 0 Å². The van der Waals surface area contributed by atoms with Crippen LogP contribution in [-0.2, 0) is 23.9 Å². The molecule has 0 radical (unpaired) electrons. The molecule has 1 aromatic carbocycles. The molecule has 1 aliphatic carbocycles. The van der Waals surface area contributed by atoms with Crippen LogP contribution in [0.1, 0.15) is 38.7 Å². The molecule has 3 atom stereocenters. The van der Waals surface area contributed by atoms with E-state index in [2.05, 4.69) is 5.32 Å². The topological polar surface area (TPSA) is 125 Å². The van der Waals surface area contributed by atoms with Gasteiger partial charge in [0, 0.05) is 40.8 Å². The second-order valence-corrected chi connectivity index (χ2v) is 9.61. The zero-order valence-electron chi connectivity index (χ0n) is 19.6. The molecule has 0 bridgehead atoms. The van der Waals surface area contributed by atoms with Crippen molar-refractivity contribution in [1.29, 1.82) is 0 Å². The van der Waals surface area contributed by atoms with E-state index in [1.165, 1.54) is 25.3 Å². The van der Waals surface area contributed by atoms with Crippen molar-refractivity contribution >= 4 is 35.2 Å². The predicted molar refractivity (Wildman–Crippen MR) is 127 cm³/mol. The van der Waals surface area contributed by atoms with Gasteiger partial charge in [-0.25, -0.2) is 4.79 Å². The number of nitro groups is 1. The fourth-order valence-electron chi connectivity index (χ4n) is 4.52. The molecule has 1 aromatic rings. The Morgan fingerprint density at radius 2 is 2.06 bits per heavy atom. The van der Waals surface area contributed by atoms with Gasteiger partial charge in [0.1, 0.15) is 12.5 Å². The summed E-state index contributed by atoms with van der Waals surface area (Å²) in [5, 5.41) is 14.6. The Balaban J connectivity index is 2.12. The Kier molecular flexibility index (Phi) is 8.14. The van der Waals surface area contributed by atoms with Crippen LogP contribution >= 0.6 is 11.8 Å². The first-order valence-electron chi connectivity index (χ1n) is 11.0. The fourth-order valence-corrected chi connectivity index (χ4v) is 5.01. The van der Waals surface area contributed by atoms with Gasteiger partial charge in [0.25, 0.3) is 5.69 Å². The summed E-state index contributed by atoms with van der Waals surface area (Å²) >= 11 is 1.63. The van der Waals surface area contributed by atoms with E-state index in [1.807, 2.05) is 6.92 Å². The number of benzene rings is 1. The van der Waals surface area contributed by atoms with Gasteiger partial charge in [-0.1, -0.05) is 26.0 Å². The normalized spacial score (nSPS) is 22.1. The van der Waals surface area contributed by atoms with Crippen LogP contribution in [0.5, 0.6) is 0 Å². The van der Waals surface area contributed by atoms with Crippen molar-refractivity contribution < 1.29 is 28.8 Å². The van der Waals surface area contributed by atoms with Crippen molar-refractivity contribution in [2.45, 2.75) is 33.1 Å². The van der Waals surface area contributed by atoms with Crippen LogP contribution in [0.15, 0.2) is 46.8 Å². The van der Waals surface area contributed by atoms with Crippen molar-refractivity contribution in [2.75, 3.05) is 25.2 Å². The highest BCUT2D eigenvalue weighted by atomic mass is 32.2. The molecule has 10 heteroatoms. The number of ketones is 1. The number of thioether (sulfide) groups is 1. The molecule has 0 saturated heterocycles. The molecule has 1 heterocycles. The lowest BCUT2D eigenvalue weighted by atomic mass is 9.69. The van der Waals surface area contributed by atoms with Gasteiger partial charge in [0.15, 0.2) is 5.78 Å². The number of esters is 2. The molecule has 3 rings (SSSR count). The van der Waals surface area contributed by atoms with E-state index < -0.39 is 34.5 Å². The first kappa shape index (κ1) is 25.5. The summed E-state index contributed by atoms with van der Waals surface area (Å²) in [6.07, 6.45) is 0.388. The third-order valence-electron chi connectivity index (χ3n) is 6.04. The molecule has 34 heavy (non-hydrogen) atoms. The largest absolute Gasteiger partial charge is 0.468 e. The Labute approximate surface area is 202 Å². The lowest BCUT2D eigenvalue weighted by molar-refractivity contribution is -0.384. The molecule has 182 valence electrons. The molecule has 1 N–H and O–H groups in total. The van der Waals surface area contributed by atoms with E-state index in [4.69, 9.17) is 9.47 Å². The number of hydrogen-bond donors (Lipinski definition) is 1. The molecule has 0 saturated carbocycles. The number of carbonyl (C=O) groups is 3. The summed E-state index contributed by atoms with van der Waals surface area (Å²) in [6, 6.07) is 5.85. The smallest absolute Gasteiger partial charge is 0.336 e. The van der Waals surface area contributed by atoms with Gasteiger partial charge in [-0.3, -0.25) is 19.7 Å². The molecular formula is C24H28N2O7S.